The third kappa shape index (κ3) is 7.45. The van der Waals surface area contributed by atoms with Crippen molar-refractivity contribution in [2.24, 2.45) is 0 Å². The summed E-state index contributed by atoms with van der Waals surface area (Å²) in [4.78, 5) is 21.2. The van der Waals surface area contributed by atoms with E-state index in [1.54, 1.807) is 6.20 Å². The molecule has 2 aromatic carbocycles. The summed E-state index contributed by atoms with van der Waals surface area (Å²) >= 11 is 0. The lowest BCUT2D eigenvalue weighted by molar-refractivity contribution is -0.192. The highest BCUT2D eigenvalue weighted by Gasteiger charge is 2.38. The van der Waals surface area contributed by atoms with E-state index in [4.69, 9.17) is 29.1 Å². The molecule has 4 aromatic rings. The lowest BCUT2D eigenvalue weighted by Crippen LogP contribution is -2.25. The summed E-state index contributed by atoms with van der Waals surface area (Å²) in [6.45, 7) is 1.81. The number of carboxylic acid groups (broad SMARTS) is 1. The fourth-order valence-electron chi connectivity index (χ4n) is 3.74. The van der Waals surface area contributed by atoms with E-state index < -0.39 is 12.1 Å². The number of carbonyl (C=O) groups is 1. The molecule has 0 radical (unpaired) electrons. The van der Waals surface area contributed by atoms with Crippen molar-refractivity contribution in [2.75, 3.05) is 13.2 Å². The standard InChI is InChI=1S/C25H25N3O3.C2HF3O2/c1-2-7-18(8-3-1)16-30-19-11-12-21(24-27-22-10-6-13-26-25(22)28-24)23(15-19)31-17-20-9-4-5-14-29-20;3-2(4,5)1(6)7/h1-3,6-8,10-13,15,20H,4-5,9,14,16-17H2,(H,26,27,28);(H,6,7). The van der Waals surface area contributed by atoms with Crippen LogP contribution in [-0.4, -0.2) is 51.5 Å². The Bertz CT molecular complexity index is 1310. The van der Waals surface area contributed by atoms with Crippen LogP contribution in [-0.2, 0) is 16.1 Å². The predicted molar refractivity (Wildman–Crippen MR) is 133 cm³/mol. The monoisotopic (exact) mass is 529 g/mol. The average Bonchev–Trinajstić information content (AvgIpc) is 3.36. The number of nitrogens with one attached hydrogen (secondary N) is 1. The number of hydrogen-bond donors (Lipinski definition) is 2. The number of benzene rings is 2. The molecule has 0 bridgehead atoms. The maximum Gasteiger partial charge on any atom is 0.490 e. The first kappa shape index (κ1) is 26.9. The second-order valence-corrected chi connectivity index (χ2v) is 8.49. The maximum absolute atomic E-state index is 10.6. The molecule has 1 saturated heterocycles. The summed E-state index contributed by atoms with van der Waals surface area (Å²) in [6.07, 6.45) is 0.108. The van der Waals surface area contributed by atoms with Crippen molar-refractivity contribution in [1.29, 1.82) is 0 Å². The molecule has 5 rings (SSSR count). The SMILES string of the molecule is O=C(O)C(F)(F)F.c1ccc(COc2ccc(-c3nc4cccnc4[nH]3)c(OCC3CCCCO3)c2)cc1. The molecule has 1 fully saturated rings. The molecule has 1 aliphatic heterocycles. The van der Waals surface area contributed by atoms with Crippen molar-refractivity contribution in [1.82, 2.24) is 15.0 Å². The quantitative estimate of drug-likeness (QED) is 0.312. The number of ether oxygens (including phenoxy) is 3. The molecule has 200 valence electrons. The molecule has 1 unspecified atom stereocenters. The van der Waals surface area contributed by atoms with Gasteiger partial charge in [0.05, 0.1) is 11.7 Å². The first-order valence-electron chi connectivity index (χ1n) is 12.0. The van der Waals surface area contributed by atoms with Crippen molar-refractivity contribution in [3.63, 3.8) is 0 Å². The number of aliphatic carboxylic acids is 1. The van der Waals surface area contributed by atoms with Gasteiger partial charge in [-0.05, 0) is 49.1 Å². The van der Waals surface area contributed by atoms with Crippen LogP contribution in [0, 0.1) is 0 Å². The van der Waals surface area contributed by atoms with Crippen LogP contribution in [0.5, 0.6) is 11.5 Å². The van der Waals surface area contributed by atoms with Gasteiger partial charge in [0.1, 0.15) is 36.1 Å². The van der Waals surface area contributed by atoms with Crippen molar-refractivity contribution < 1.29 is 37.3 Å². The molecule has 3 heterocycles. The van der Waals surface area contributed by atoms with Gasteiger partial charge in [-0.3, -0.25) is 0 Å². The molecule has 0 aliphatic carbocycles. The van der Waals surface area contributed by atoms with Crippen LogP contribution >= 0.6 is 0 Å². The van der Waals surface area contributed by atoms with Gasteiger partial charge in [0.15, 0.2) is 5.65 Å². The van der Waals surface area contributed by atoms with Gasteiger partial charge >= 0.3 is 12.1 Å². The van der Waals surface area contributed by atoms with Crippen LogP contribution in [0.2, 0.25) is 0 Å². The number of hydrogen-bond acceptors (Lipinski definition) is 6. The van der Waals surface area contributed by atoms with E-state index in [0.29, 0.717) is 13.2 Å². The minimum Gasteiger partial charge on any atom is -0.490 e. The molecule has 38 heavy (non-hydrogen) atoms. The van der Waals surface area contributed by atoms with Crippen molar-refractivity contribution in [2.45, 2.75) is 38.1 Å². The van der Waals surface area contributed by atoms with Crippen LogP contribution in [0.3, 0.4) is 0 Å². The fourth-order valence-corrected chi connectivity index (χ4v) is 3.74. The molecule has 1 aliphatic rings. The van der Waals surface area contributed by atoms with Gasteiger partial charge in [-0.2, -0.15) is 13.2 Å². The summed E-state index contributed by atoms with van der Waals surface area (Å²) in [6, 6.07) is 19.8. The summed E-state index contributed by atoms with van der Waals surface area (Å²) in [7, 11) is 0. The van der Waals surface area contributed by atoms with E-state index in [-0.39, 0.29) is 6.10 Å². The van der Waals surface area contributed by atoms with Crippen molar-refractivity contribution in [3.8, 4) is 22.9 Å². The van der Waals surface area contributed by atoms with E-state index in [1.807, 2.05) is 60.7 Å². The summed E-state index contributed by atoms with van der Waals surface area (Å²) < 4.78 is 49.8. The number of nitrogens with zero attached hydrogens (tertiary/aromatic N) is 2. The molecule has 1 atom stereocenters. The zero-order valence-electron chi connectivity index (χ0n) is 20.3. The Labute approximate surface area is 216 Å². The number of rotatable bonds is 7. The Morgan fingerprint density at radius 1 is 1.08 bits per heavy atom. The largest absolute Gasteiger partial charge is 0.490 e. The zero-order valence-corrected chi connectivity index (χ0v) is 20.3. The Morgan fingerprint density at radius 3 is 2.55 bits per heavy atom. The molecular weight excluding hydrogens is 503 g/mol. The number of fused-ring (bicyclic) bond motifs is 1. The van der Waals surface area contributed by atoms with Gasteiger partial charge in [-0.25, -0.2) is 14.8 Å². The van der Waals surface area contributed by atoms with Crippen molar-refractivity contribution in [3.05, 3.63) is 72.4 Å². The predicted octanol–water partition coefficient (Wildman–Crippen LogP) is 5.79. The van der Waals surface area contributed by atoms with Crippen LogP contribution in [0.1, 0.15) is 24.8 Å². The molecule has 8 nitrogen and oxygen atoms in total. The Balaban J connectivity index is 0.000000426. The molecule has 2 N–H and O–H groups in total. The van der Waals surface area contributed by atoms with E-state index in [1.165, 1.54) is 6.42 Å². The number of alkyl halides is 3. The number of carboxylic acids is 1. The van der Waals surface area contributed by atoms with Crippen LogP contribution in [0.4, 0.5) is 13.2 Å². The van der Waals surface area contributed by atoms with E-state index in [9.17, 15) is 13.2 Å². The van der Waals surface area contributed by atoms with Gasteiger partial charge in [0, 0.05) is 18.9 Å². The summed E-state index contributed by atoms with van der Waals surface area (Å²) in [5.74, 6) is -0.560. The molecular formula is C27H26F3N3O5. The minimum absolute atomic E-state index is 0.118. The molecule has 0 amide bonds. The summed E-state index contributed by atoms with van der Waals surface area (Å²) in [5.41, 5.74) is 3.57. The lowest BCUT2D eigenvalue weighted by Gasteiger charge is -2.23. The third-order valence-corrected chi connectivity index (χ3v) is 5.65. The Hall–Kier alpha value is -4.12. The second-order valence-electron chi connectivity index (χ2n) is 8.49. The molecule has 0 saturated carbocycles. The minimum atomic E-state index is -5.08. The molecule has 0 spiro atoms. The number of pyridine rings is 1. The highest BCUT2D eigenvalue weighted by Crippen LogP contribution is 2.33. The van der Waals surface area contributed by atoms with E-state index in [2.05, 4.69) is 9.97 Å². The topological polar surface area (TPSA) is 107 Å². The van der Waals surface area contributed by atoms with Crippen LogP contribution < -0.4 is 9.47 Å². The summed E-state index contributed by atoms with van der Waals surface area (Å²) in [5, 5.41) is 7.12. The van der Waals surface area contributed by atoms with Gasteiger partial charge in [0.25, 0.3) is 0 Å². The zero-order chi connectivity index (χ0) is 27.0. The van der Waals surface area contributed by atoms with Crippen molar-refractivity contribution >= 4 is 17.1 Å². The first-order chi connectivity index (χ1) is 18.3. The normalized spacial score (nSPS) is 15.4. The van der Waals surface area contributed by atoms with E-state index >= 15 is 0 Å². The van der Waals surface area contributed by atoms with Gasteiger partial charge < -0.3 is 24.3 Å². The number of imidazole rings is 1. The number of aromatic amines is 1. The van der Waals surface area contributed by atoms with Gasteiger partial charge in [-0.15, -0.1) is 0 Å². The number of halogens is 3. The molecule has 2 aromatic heterocycles. The fraction of sp³-hybridized carbons (Fsp3) is 0.296. The second kappa shape index (κ2) is 12.4. The Kier molecular flexibility index (Phi) is 8.80. The Morgan fingerprint density at radius 2 is 1.87 bits per heavy atom. The van der Waals surface area contributed by atoms with Crippen LogP contribution in [0.25, 0.3) is 22.6 Å². The smallest absolute Gasteiger partial charge is 0.490 e. The first-order valence-corrected chi connectivity index (χ1v) is 12.0. The highest BCUT2D eigenvalue weighted by molar-refractivity contribution is 5.77. The molecule has 11 heteroatoms. The highest BCUT2D eigenvalue weighted by atomic mass is 19.4. The lowest BCUT2D eigenvalue weighted by atomic mass is 10.1. The maximum atomic E-state index is 10.6. The van der Waals surface area contributed by atoms with E-state index in [0.717, 1.165) is 59.1 Å². The number of H-pyrrole nitrogens is 1. The van der Waals surface area contributed by atoms with Crippen LogP contribution in [0.15, 0.2) is 66.9 Å². The van der Waals surface area contributed by atoms with Gasteiger partial charge in [-0.1, -0.05) is 30.3 Å². The third-order valence-electron chi connectivity index (χ3n) is 5.65. The van der Waals surface area contributed by atoms with Gasteiger partial charge in [0.2, 0.25) is 0 Å². The number of aromatic nitrogens is 3. The average molecular weight is 530 g/mol.